The molecule has 3 aromatic carbocycles. The first-order valence-corrected chi connectivity index (χ1v) is 15.1. The van der Waals surface area contributed by atoms with E-state index in [1.165, 1.54) is 23.0 Å². The van der Waals surface area contributed by atoms with Crippen molar-refractivity contribution < 1.29 is 33.3 Å². The van der Waals surface area contributed by atoms with Gasteiger partial charge in [0.05, 0.1) is 42.2 Å². The average molecular weight is 629 g/mol. The zero-order valence-electron chi connectivity index (χ0n) is 25.3. The molecule has 1 aliphatic rings. The van der Waals surface area contributed by atoms with Crippen LogP contribution in [0.2, 0.25) is 0 Å². The van der Waals surface area contributed by atoms with Gasteiger partial charge in [0.25, 0.3) is 5.56 Å². The summed E-state index contributed by atoms with van der Waals surface area (Å²) in [6, 6.07) is 21.0. The van der Waals surface area contributed by atoms with E-state index in [1.54, 1.807) is 38.1 Å². The topological polar surface area (TPSA) is 115 Å². The summed E-state index contributed by atoms with van der Waals surface area (Å²) in [6.45, 7) is 5.41. The summed E-state index contributed by atoms with van der Waals surface area (Å²) in [7, 11) is 1.27. The SMILES string of the molecule is CCOC(=O)C1=C(C)N=c2s/c(=C\c3cccc(Oc4ccccc4)c3)c(=O)n2[C@@H]1c1ccc(OCC(=O)OC)c(OCC)c1. The number of esters is 2. The maximum atomic E-state index is 14.1. The van der Waals surface area contributed by atoms with Crippen LogP contribution in [0.3, 0.4) is 0 Å². The third kappa shape index (κ3) is 6.99. The van der Waals surface area contributed by atoms with E-state index in [1.807, 2.05) is 61.5 Å². The molecule has 1 atom stereocenters. The van der Waals surface area contributed by atoms with Crippen LogP contribution in [0.25, 0.3) is 6.08 Å². The van der Waals surface area contributed by atoms with Crippen molar-refractivity contribution in [1.29, 1.82) is 0 Å². The zero-order valence-corrected chi connectivity index (χ0v) is 26.1. The molecular formula is C34H32N2O8S. The second kappa shape index (κ2) is 14.1. The number of nitrogens with zero attached hydrogens (tertiary/aromatic N) is 2. The van der Waals surface area contributed by atoms with Crippen LogP contribution in [0.1, 0.15) is 37.9 Å². The van der Waals surface area contributed by atoms with Crippen molar-refractivity contribution in [2.75, 3.05) is 26.9 Å². The number of hydrogen-bond donors (Lipinski definition) is 0. The Bertz CT molecular complexity index is 1930. The van der Waals surface area contributed by atoms with Gasteiger partial charge in [0.2, 0.25) is 0 Å². The Kier molecular flexibility index (Phi) is 9.79. The average Bonchev–Trinajstić information content (AvgIpc) is 3.34. The number of aromatic nitrogens is 1. The smallest absolute Gasteiger partial charge is 0.343 e. The number of carbonyl (C=O) groups is 2. The molecule has 10 nitrogen and oxygen atoms in total. The first-order valence-electron chi connectivity index (χ1n) is 14.3. The van der Waals surface area contributed by atoms with E-state index in [0.717, 1.165) is 5.56 Å². The van der Waals surface area contributed by atoms with Gasteiger partial charge in [0.1, 0.15) is 11.5 Å². The van der Waals surface area contributed by atoms with Gasteiger partial charge >= 0.3 is 11.9 Å². The number of allylic oxidation sites excluding steroid dienone is 1. The van der Waals surface area contributed by atoms with Crippen LogP contribution in [0.5, 0.6) is 23.0 Å². The predicted octanol–water partition coefficient (Wildman–Crippen LogP) is 4.54. The van der Waals surface area contributed by atoms with E-state index >= 15 is 0 Å². The van der Waals surface area contributed by atoms with E-state index in [4.69, 9.17) is 18.9 Å². The van der Waals surface area contributed by atoms with Crippen molar-refractivity contribution in [3.63, 3.8) is 0 Å². The largest absolute Gasteiger partial charge is 0.490 e. The minimum atomic E-state index is -0.857. The second-order valence-electron chi connectivity index (χ2n) is 9.79. The van der Waals surface area contributed by atoms with Crippen molar-refractivity contribution in [3.8, 4) is 23.0 Å². The molecular weight excluding hydrogens is 596 g/mol. The van der Waals surface area contributed by atoms with Crippen molar-refractivity contribution in [3.05, 3.63) is 115 Å². The van der Waals surface area contributed by atoms with Gasteiger partial charge in [-0.1, -0.05) is 47.7 Å². The van der Waals surface area contributed by atoms with Gasteiger partial charge in [-0.05, 0) is 74.4 Å². The summed E-state index contributed by atoms with van der Waals surface area (Å²) in [6.07, 6.45) is 1.78. The Labute approximate surface area is 263 Å². The van der Waals surface area contributed by atoms with E-state index in [2.05, 4.69) is 9.73 Å². The fourth-order valence-corrected chi connectivity index (χ4v) is 5.88. The van der Waals surface area contributed by atoms with Crippen molar-refractivity contribution in [1.82, 2.24) is 4.57 Å². The van der Waals surface area contributed by atoms with Crippen LogP contribution in [0.15, 0.2) is 93.9 Å². The van der Waals surface area contributed by atoms with E-state index in [9.17, 15) is 14.4 Å². The molecule has 0 N–H and O–H groups in total. The van der Waals surface area contributed by atoms with Crippen LogP contribution in [-0.4, -0.2) is 43.4 Å². The zero-order chi connectivity index (χ0) is 31.9. The normalized spacial score (nSPS) is 14.3. The van der Waals surface area contributed by atoms with E-state index in [-0.39, 0.29) is 24.3 Å². The number of methoxy groups -OCH3 is 1. The number of thiazole rings is 1. The number of fused-ring (bicyclic) bond motifs is 1. The predicted molar refractivity (Wildman–Crippen MR) is 168 cm³/mol. The van der Waals surface area contributed by atoms with Gasteiger partial charge in [0, 0.05) is 0 Å². The van der Waals surface area contributed by atoms with Crippen LogP contribution in [-0.2, 0) is 19.1 Å². The second-order valence-corrected chi connectivity index (χ2v) is 10.8. The molecule has 5 rings (SSSR count). The fraction of sp³-hybridized carbons (Fsp3) is 0.235. The van der Waals surface area contributed by atoms with Crippen LogP contribution < -0.4 is 29.1 Å². The molecule has 232 valence electrons. The summed E-state index contributed by atoms with van der Waals surface area (Å²) in [5.74, 6) is 0.855. The molecule has 0 bridgehead atoms. The quantitative estimate of drug-likeness (QED) is 0.223. The lowest BCUT2D eigenvalue weighted by Crippen LogP contribution is -2.40. The number of ether oxygens (including phenoxy) is 5. The number of hydrogen-bond acceptors (Lipinski definition) is 10. The van der Waals surface area contributed by atoms with Crippen molar-refractivity contribution in [2.45, 2.75) is 26.8 Å². The minimum absolute atomic E-state index is 0.151. The van der Waals surface area contributed by atoms with Crippen molar-refractivity contribution in [2.24, 2.45) is 4.99 Å². The highest BCUT2D eigenvalue weighted by atomic mass is 32.1. The number of para-hydroxylation sites is 1. The molecule has 0 saturated heterocycles. The number of carbonyl (C=O) groups excluding carboxylic acids is 2. The molecule has 4 aromatic rings. The summed E-state index contributed by atoms with van der Waals surface area (Å²) in [5.41, 5.74) is 1.69. The molecule has 11 heteroatoms. The summed E-state index contributed by atoms with van der Waals surface area (Å²) >= 11 is 1.22. The molecule has 2 heterocycles. The first kappa shape index (κ1) is 31.3. The molecule has 1 aromatic heterocycles. The molecule has 0 radical (unpaired) electrons. The fourth-order valence-electron chi connectivity index (χ4n) is 4.83. The highest BCUT2D eigenvalue weighted by Crippen LogP contribution is 2.36. The number of benzene rings is 3. The Balaban J connectivity index is 1.60. The van der Waals surface area contributed by atoms with Crippen molar-refractivity contribution >= 4 is 29.4 Å². The summed E-state index contributed by atoms with van der Waals surface area (Å²) < 4.78 is 29.4. The maximum absolute atomic E-state index is 14.1. The monoisotopic (exact) mass is 628 g/mol. The maximum Gasteiger partial charge on any atom is 0.343 e. The summed E-state index contributed by atoms with van der Waals surface area (Å²) in [5, 5.41) is 0. The Morgan fingerprint density at radius 2 is 1.71 bits per heavy atom. The van der Waals surface area contributed by atoms with Gasteiger partial charge in [-0.15, -0.1) is 0 Å². The molecule has 0 amide bonds. The third-order valence-electron chi connectivity index (χ3n) is 6.81. The highest BCUT2D eigenvalue weighted by Gasteiger charge is 2.34. The van der Waals surface area contributed by atoms with Gasteiger partial charge in [-0.3, -0.25) is 9.36 Å². The van der Waals surface area contributed by atoms with Crippen LogP contribution in [0, 0.1) is 0 Å². The van der Waals surface area contributed by atoms with Gasteiger partial charge in [0.15, 0.2) is 22.9 Å². The lowest BCUT2D eigenvalue weighted by atomic mass is 9.95. The molecule has 0 saturated carbocycles. The van der Waals surface area contributed by atoms with Gasteiger partial charge in [-0.2, -0.15) is 0 Å². The molecule has 0 spiro atoms. The molecule has 0 aliphatic carbocycles. The first-order chi connectivity index (χ1) is 21.8. The molecule has 1 aliphatic heterocycles. The summed E-state index contributed by atoms with van der Waals surface area (Å²) in [4.78, 5) is 44.1. The number of rotatable bonds is 11. The molecule has 0 unspecified atom stereocenters. The lowest BCUT2D eigenvalue weighted by molar-refractivity contribution is -0.143. The molecule has 45 heavy (non-hydrogen) atoms. The van der Waals surface area contributed by atoms with Gasteiger partial charge < -0.3 is 23.7 Å². The Hall–Kier alpha value is -5.16. The standard InChI is InChI=1S/C34H32N2O8S/c1-5-41-27-19-23(15-16-26(27)43-20-29(37)40-4)31-30(33(39)42-6-2)21(3)35-34-36(31)32(38)28(45-34)18-22-11-10-14-25(17-22)44-24-12-8-7-9-13-24/h7-19,31H,5-6,20H2,1-4H3/b28-18-/t31-/m1/s1. The van der Waals surface area contributed by atoms with Crippen LogP contribution >= 0.6 is 11.3 Å². The lowest BCUT2D eigenvalue weighted by Gasteiger charge is -2.25. The third-order valence-corrected chi connectivity index (χ3v) is 7.79. The molecule has 0 fully saturated rings. The Morgan fingerprint density at radius 3 is 2.44 bits per heavy atom. The minimum Gasteiger partial charge on any atom is -0.490 e. The van der Waals surface area contributed by atoms with E-state index < -0.39 is 18.0 Å². The van der Waals surface area contributed by atoms with Crippen LogP contribution in [0.4, 0.5) is 0 Å². The highest BCUT2D eigenvalue weighted by molar-refractivity contribution is 7.07. The van der Waals surface area contributed by atoms with E-state index in [0.29, 0.717) is 50.2 Å². The van der Waals surface area contributed by atoms with Gasteiger partial charge in [-0.25, -0.2) is 14.6 Å². The Morgan fingerprint density at radius 1 is 0.933 bits per heavy atom.